The summed E-state index contributed by atoms with van der Waals surface area (Å²) in [6, 6.07) is 5.08. The van der Waals surface area contributed by atoms with E-state index in [1.165, 1.54) is 22.7 Å². The molecule has 94 valence electrons. The summed E-state index contributed by atoms with van der Waals surface area (Å²) in [5, 5.41) is 2.96. The summed E-state index contributed by atoms with van der Waals surface area (Å²) in [6.07, 6.45) is 0. The lowest BCUT2D eigenvalue weighted by Gasteiger charge is -2.10. The van der Waals surface area contributed by atoms with Crippen LogP contribution in [-0.4, -0.2) is 37.7 Å². The quantitative estimate of drug-likeness (QED) is 0.814. The molecule has 0 aliphatic rings. The van der Waals surface area contributed by atoms with Crippen LogP contribution in [-0.2, 0) is 11.3 Å². The van der Waals surface area contributed by atoms with Crippen LogP contribution in [0.4, 0.5) is 4.39 Å². The third-order valence-electron chi connectivity index (χ3n) is 2.23. The van der Waals surface area contributed by atoms with Gasteiger partial charge in [0.15, 0.2) is 0 Å². The number of hydrogen-bond acceptors (Lipinski definition) is 3. The van der Waals surface area contributed by atoms with Crippen LogP contribution >= 0.6 is 11.8 Å². The molecule has 0 heterocycles. The molecule has 0 bridgehead atoms. The fourth-order valence-corrected chi connectivity index (χ4v) is 2.14. The predicted molar refractivity (Wildman–Crippen MR) is 68.6 cm³/mol. The van der Waals surface area contributed by atoms with E-state index in [0.717, 1.165) is 5.56 Å². The molecule has 0 saturated heterocycles. The Kier molecular flexibility index (Phi) is 5.44. The Morgan fingerprint density at radius 3 is 2.71 bits per heavy atom. The average molecular weight is 256 g/mol. The van der Waals surface area contributed by atoms with Crippen LogP contribution in [0.25, 0.3) is 0 Å². The van der Waals surface area contributed by atoms with Gasteiger partial charge < -0.3 is 10.2 Å². The summed E-state index contributed by atoms with van der Waals surface area (Å²) in [6.45, 7) is 0.637. The molecule has 0 fully saturated rings. The molecule has 3 nitrogen and oxygen atoms in total. The smallest absolute Gasteiger partial charge is 0.232 e. The van der Waals surface area contributed by atoms with E-state index in [1.54, 1.807) is 20.2 Å². The van der Waals surface area contributed by atoms with Crippen molar-refractivity contribution < 1.29 is 9.18 Å². The number of thioether (sulfide) groups is 1. The standard InChI is InChI=1S/C12H17FN2OS/c1-14-7-9-4-5-11(10(13)6-9)17-8-12(16)15(2)3/h4-6,14H,7-8H2,1-3H3. The Balaban J connectivity index is 2.63. The van der Waals surface area contributed by atoms with E-state index in [9.17, 15) is 9.18 Å². The molecular formula is C12H17FN2OS. The SMILES string of the molecule is CNCc1ccc(SCC(=O)N(C)C)c(F)c1. The van der Waals surface area contributed by atoms with E-state index in [4.69, 9.17) is 0 Å². The second-order valence-corrected chi connectivity index (χ2v) is 4.89. The minimum atomic E-state index is -0.269. The molecule has 17 heavy (non-hydrogen) atoms. The number of amides is 1. The van der Waals surface area contributed by atoms with E-state index >= 15 is 0 Å². The zero-order valence-corrected chi connectivity index (χ0v) is 11.1. The van der Waals surface area contributed by atoms with Gasteiger partial charge in [0.2, 0.25) is 5.91 Å². The van der Waals surface area contributed by atoms with Crippen molar-refractivity contribution in [1.29, 1.82) is 0 Å². The molecule has 1 N–H and O–H groups in total. The first-order valence-corrected chi connectivity index (χ1v) is 6.29. The number of nitrogens with zero attached hydrogens (tertiary/aromatic N) is 1. The van der Waals surface area contributed by atoms with Crippen LogP contribution in [0.2, 0.25) is 0 Å². The van der Waals surface area contributed by atoms with Gasteiger partial charge in [-0.25, -0.2) is 4.39 Å². The number of carbonyl (C=O) groups is 1. The van der Waals surface area contributed by atoms with Gasteiger partial charge in [0.25, 0.3) is 0 Å². The lowest BCUT2D eigenvalue weighted by molar-refractivity contribution is -0.125. The summed E-state index contributed by atoms with van der Waals surface area (Å²) in [5.41, 5.74) is 0.897. The first kappa shape index (κ1) is 14.0. The van der Waals surface area contributed by atoms with Crippen molar-refractivity contribution in [3.8, 4) is 0 Å². The van der Waals surface area contributed by atoms with Crippen molar-refractivity contribution >= 4 is 17.7 Å². The molecule has 0 aromatic heterocycles. The highest BCUT2D eigenvalue weighted by Gasteiger charge is 2.08. The van der Waals surface area contributed by atoms with Gasteiger partial charge in [-0.1, -0.05) is 6.07 Å². The van der Waals surface area contributed by atoms with E-state index in [0.29, 0.717) is 11.4 Å². The minimum Gasteiger partial charge on any atom is -0.348 e. The number of benzene rings is 1. The molecule has 5 heteroatoms. The third-order valence-corrected chi connectivity index (χ3v) is 3.26. The fraction of sp³-hybridized carbons (Fsp3) is 0.417. The topological polar surface area (TPSA) is 32.3 Å². The molecule has 1 aromatic rings. The van der Waals surface area contributed by atoms with Gasteiger partial charge in [0, 0.05) is 25.5 Å². The molecular weight excluding hydrogens is 239 g/mol. The maximum absolute atomic E-state index is 13.7. The van der Waals surface area contributed by atoms with Crippen molar-refractivity contribution in [3.05, 3.63) is 29.6 Å². The van der Waals surface area contributed by atoms with Gasteiger partial charge in [0.05, 0.1) is 5.75 Å². The summed E-state index contributed by atoms with van der Waals surface area (Å²) < 4.78 is 13.7. The normalized spacial score (nSPS) is 10.4. The molecule has 1 amide bonds. The highest BCUT2D eigenvalue weighted by atomic mass is 32.2. The van der Waals surface area contributed by atoms with Gasteiger partial charge in [-0.2, -0.15) is 0 Å². The van der Waals surface area contributed by atoms with Crippen molar-refractivity contribution in [2.75, 3.05) is 26.9 Å². The van der Waals surface area contributed by atoms with Gasteiger partial charge in [0.1, 0.15) is 5.82 Å². The van der Waals surface area contributed by atoms with Crippen molar-refractivity contribution in [1.82, 2.24) is 10.2 Å². The molecule has 0 aliphatic carbocycles. The van der Waals surface area contributed by atoms with Crippen LogP contribution in [0.1, 0.15) is 5.56 Å². The van der Waals surface area contributed by atoms with Gasteiger partial charge >= 0.3 is 0 Å². The Hall–Kier alpha value is -1.07. The Labute approximate surface area is 105 Å². The third kappa shape index (κ3) is 4.36. The number of nitrogens with one attached hydrogen (secondary N) is 1. The van der Waals surface area contributed by atoms with Crippen molar-refractivity contribution in [2.24, 2.45) is 0 Å². The molecule has 0 spiro atoms. The Bertz CT molecular complexity index is 396. The zero-order valence-electron chi connectivity index (χ0n) is 10.3. The maximum atomic E-state index is 13.7. The summed E-state index contributed by atoms with van der Waals surface area (Å²) >= 11 is 1.22. The molecule has 0 aliphatic heterocycles. The lowest BCUT2D eigenvalue weighted by atomic mass is 10.2. The van der Waals surface area contributed by atoms with Crippen LogP contribution < -0.4 is 5.32 Å². The number of halogens is 1. The highest BCUT2D eigenvalue weighted by molar-refractivity contribution is 8.00. The largest absolute Gasteiger partial charge is 0.348 e. The average Bonchev–Trinajstić information content (AvgIpc) is 2.27. The Morgan fingerprint density at radius 1 is 1.47 bits per heavy atom. The molecule has 0 saturated carbocycles. The fourth-order valence-electron chi connectivity index (χ4n) is 1.24. The summed E-state index contributed by atoms with van der Waals surface area (Å²) in [7, 11) is 5.20. The lowest BCUT2D eigenvalue weighted by Crippen LogP contribution is -2.23. The van der Waals surface area contributed by atoms with Gasteiger partial charge in [-0.05, 0) is 24.7 Å². The first-order chi connectivity index (χ1) is 8.04. The molecule has 1 rings (SSSR count). The van der Waals surface area contributed by atoms with E-state index in [-0.39, 0.29) is 17.5 Å². The zero-order chi connectivity index (χ0) is 12.8. The number of rotatable bonds is 5. The monoisotopic (exact) mass is 256 g/mol. The van der Waals surface area contributed by atoms with Gasteiger partial charge in [-0.3, -0.25) is 4.79 Å². The van der Waals surface area contributed by atoms with Crippen molar-refractivity contribution in [2.45, 2.75) is 11.4 Å². The van der Waals surface area contributed by atoms with Crippen LogP contribution in [0.5, 0.6) is 0 Å². The second kappa shape index (κ2) is 6.61. The number of hydrogen-bond donors (Lipinski definition) is 1. The van der Waals surface area contributed by atoms with Crippen LogP contribution in [0.3, 0.4) is 0 Å². The molecule has 0 unspecified atom stereocenters. The van der Waals surface area contributed by atoms with Gasteiger partial charge in [-0.15, -0.1) is 11.8 Å². The molecule has 0 atom stereocenters. The Morgan fingerprint density at radius 2 is 2.18 bits per heavy atom. The van der Waals surface area contributed by atoms with Crippen molar-refractivity contribution in [3.63, 3.8) is 0 Å². The molecule has 1 aromatic carbocycles. The van der Waals surface area contributed by atoms with Crippen LogP contribution in [0.15, 0.2) is 23.1 Å². The van der Waals surface area contributed by atoms with E-state index < -0.39 is 0 Å². The predicted octanol–water partition coefficient (Wildman–Crippen LogP) is 1.73. The van der Waals surface area contributed by atoms with Crippen LogP contribution in [0, 0.1) is 5.82 Å². The minimum absolute atomic E-state index is 0.0197. The number of carbonyl (C=O) groups excluding carboxylic acids is 1. The van der Waals surface area contributed by atoms with E-state index in [1.807, 2.05) is 13.1 Å². The second-order valence-electron chi connectivity index (χ2n) is 3.87. The van der Waals surface area contributed by atoms with E-state index in [2.05, 4.69) is 5.32 Å². The maximum Gasteiger partial charge on any atom is 0.232 e. The summed E-state index contributed by atoms with van der Waals surface area (Å²) in [5.74, 6) is -0.0297. The molecule has 0 radical (unpaired) electrons. The summed E-state index contributed by atoms with van der Waals surface area (Å²) in [4.78, 5) is 13.4. The first-order valence-electron chi connectivity index (χ1n) is 5.30. The highest BCUT2D eigenvalue weighted by Crippen LogP contribution is 2.22.